The molecule has 14 heavy (non-hydrogen) atoms. The van der Waals surface area contributed by atoms with Gasteiger partial charge in [0, 0.05) is 6.04 Å². The molecule has 3 nitrogen and oxygen atoms in total. The number of nitrogens with one attached hydrogen (secondary N) is 1. The van der Waals surface area contributed by atoms with Crippen LogP contribution in [-0.2, 0) is 4.74 Å². The first kappa shape index (κ1) is 8.89. The van der Waals surface area contributed by atoms with Gasteiger partial charge in [-0.2, -0.15) is 0 Å². The molecule has 0 aromatic carbocycles. The number of rotatable bonds is 2. The fourth-order valence-electron chi connectivity index (χ4n) is 2.88. The minimum atomic E-state index is -0.306. The Morgan fingerprint density at radius 1 is 1.29 bits per heavy atom. The maximum Gasteiger partial charge on any atom is 0.0948 e. The SMILES string of the molecule is OC1COCC1NC1CC2CC=CC21. The van der Waals surface area contributed by atoms with Gasteiger partial charge >= 0.3 is 0 Å². The van der Waals surface area contributed by atoms with Crippen molar-refractivity contribution < 1.29 is 9.84 Å². The molecule has 3 rings (SSSR count). The largest absolute Gasteiger partial charge is 0.389 e. The van der Waals surface area contributed by atoms with Gasteiger partial charge < -0.3 is 15.2 Å². The Morgan fingerprint density at radius 2 is 2.21 bits per heavy atom. The molecule has 1 saturated carbocycles. The third-order valence-electron chi connectivity index (χ3n) is 3.84. The molecule has 1 aliphatic heterocycles. The summed E-state index contributed by atoms with van der Waals surface area (Å²) in [5.74, 6) is 1.61. The monoisotopic (exact) mass is 195 g/mol. The minimum absolute atomic E-state index is 0.162. The number of ether oxygens (including phenoxy) is 1. The summed E-state index contributed by atoms with van der Waals surface area (Å²) in [5, 5.41) is 13.1. The summed E-state index contributed by atoms with van der Waals surface area (Å²) >= 11 is 0. The van der Waals surface area contributed by atoms with Crippen molar-refractivity contribution in [2.45, 2.75) is 31.0 Å². The summed E-state index contributed by atoms with van der Waals surface area (Å²) in [4.78, 5) is 0. The molecule has 1 saturated heterocycles. The van der Waals surface area contributed by atoms with Crippen molar-refractivity contribution >= 4 is 0 Å². The molecule has 0 aromatic rings. The predicted octanol–water partition coefficient (Wildman–Crippen LogP) is 0.300. The van der Waals surface area contributed by atoms with E-state index in [9.17, 15) is 5.11 Å². The fourth-order valence-corrected chi connectivity index (χ4v) is 2.88. The molecule has 0 amide bonds. The Balaban J connectivity index is 1.55. The van der Waals surface area contributed by atoms with Crippen LogP contribution >= 0.6 is 0 Å². The van der Waals surface area contributed by atoms with Gasteiger partial charge in [0.25, 0.3) is 0 Å². The smallest absolute Gasteiger partial charge is 0.0948 e. The standard InChI is InChI=1S/C11H17NO2/c13-11-6-14-5-10(11)12-9-4-7-2-1-3-8(7)9/h1,3,7-13H,2,4-6H2. The van der Waals surface area contributed by atoms with E-state index in [0.717, 1.165) is 11.8 Å². The Hall–Kier alpha value is -0.380. The lowest BCUT2D eigenvalue weighted by Crippen LogP contribution is -2.54. The van der Waals surface area contributed by atoms with E-state index in [-0.39, 0.29) is 12.1 Å². The van der Waals surface area contributed by atoms with Crippen LogP contribution < -0.4 is 5.32 Å². The second kappa shape index (κ2) is 3.33. The molecular formula is C11H17NO2. The zero-order valence-electron chi connectivity index (χ0n) is 8.23. The Morgan fingerprint density at radius 3 is 2.93 bits per heavy atom. The topological polar surface area (TPSA) is 41.5 Å². The van der Waals surface area contributed by atoms with Crippen LogP contribution in [0.15, 0.2) is 12.2 Å². The molecule has 0 radical (unpaired) electrons. The summed E-state index contributed by atoms with van der Waals surface area (Å²) in [7, 11) is 0. The van der Waals surface area contributed by atoms with Crippen LogP contribution in [0.4, 0.5) is 0 Å². The number of aliphatic hydroxyl groups excluding tert-OH is 1. The average Bonchev–Trinajstić information content (AvgIpc) is 2.69. The molecule has 0 aromatic heterocycles. The maximum atomic E-state index is 9.59. The molecule has 1 heterocycles. The molecule has 0 spiro atoms. The van der Waals surface area contributed by atoms with Crippen LogP contribution in [0.2, 0.25) is 0 Å². The first-order valence-corrected chi connectivity index (χ1v) is 5.53. The van der Waals surface area contributed by atoms with E-state index in [4.69, 9.17) is 4.74 Å². The highest BCUT2D eigenvalue weighted by atomic mass is 16.5. The van der Waals surface area contributed by atoms with Gasteiger partial charge in [-0.05, 0) is 24.7 Å². The van der Waals surface area contributed by atoms with Crippen molar-refractivity contribution in [3.05, 3.63) is 12.2 Å². The summed E-state index contributed by atoms with van der Waals surface area (Å²) in [6.45, 7) is 1.16. The van der Waals surface area contributed by atoms with Crippen LogP contribution in [0, 0.1) is 11.8 Å². The van der Waals surface area contributed by atoms with E-state index in [1.165, 1.54) is 12.8 Å². The van der Waals surface area contributed by atoms with Gasteiger partial charge in [-0.1, -0.05) is 12.2 Å². The lowest BCUT2D eigenvalue weighted by Gasteiger charge is -2.42. The predicted molar refractivity (Wildman–Crippen MR) is 52.9 cm³/mol. The minimum Gasteiger partial charge on any atom is -0.389 e. The van der Waals surface area contributed by atoms with Crippen LogP contribution in [0.25, 0.3) is 0 Å². The summed E-state index contributed by atoms with van der Waals surface area (Å²) in [6, 6.07) is 0.745. The first-order chi connectivity index (χ1) is 6.84. The molecule has 0 bridgehead atoms. The molecular weight excluding hydrogens is 178 g/mol. The lowest BCUT2D eigenvalue weighted by molar-refractivity contribution is 0.102. The fraction of sp³-hybridized carbons (Fsp3) is 0.818. The molecule has 5 atom stereocenters. The first-order valence-electron chi connectivity index (χ1n) is 5.53. The molecule has 3 aliphatic rings. The highest BCUT2D eigenvalue weighted by Crippen LogP contribution is 2.42. The van der Waals surface area contributed by atoms with Crippen molar-refractivity contribution in [3.63, 3.8) is 0 Å². The molecule has 2 aliphatic carbocycles. The molecule has 5 unspecified atom stereocenters. The molecule has 2 N–H and O–H groups in total. The zero-order valence-corrected chi connectivity index (χ0v) is 8.23. The quantitative estimate of drug-likeness (QED) is 0.623. The maximum absolute atomic E-state index is 9.59. The van der Waals surface area contributed by atoms with Crippen LogP contribution in [-0.4, -0.2) is 36.5 Å². The second-order valence-corrected chi connectivity index (χ2v) is 4.72. The van der Waals surface area contributed by atoms with Crippen molar-refractivity contribution in [3.8, 4) is 0 Å². The number of hydrogen-bond acceptors (Lipinski definition) is 3. The lowest BCUT2D eigenvalue weighted by atomic mass is 9.71. The Labute approximate surface area is 84.1 Å². The van der Waals surface area contributed by atoms with E-state index in [1.807, 2.05) is 0 Å². The third-order valence-corrected chi connectivity index (χ3v) is 3.84. The van der Waals surface area contributed by atoms with Gasteiger partial charge in [0.2, 0.25) is 0 Å². The van der Waals surface area contributed by atoms with Gasteiger partial charge in [-0.3, -0.25) is 0 Å². The summed E-state index contributed by atoms with van der Waals surface area (Å²) in [6.07, 6.45) is 6.83. The van der Waals surface area contributed by atoms with Crippen LogP contribution in [0.1, 0.15) is 12.8 Å². The molecule has 3 heteroatoms. The third kappa shape index (κ3) is 1.31. The Bertz CT molecular complexity index is 254. The number of allylic oxidation sites excluding steroid dienone is 1. The highest BCUT2D eigenvalue weighted by Gasteiger charge is 2.43. The average molecular weight is 195 g/mol. The van der Waals surface area contributed by atoms with Gasteiger partial charge in [0.15, 0.2) is 0 Å². The van der Waals surface area contributed by atoms with Crippen molar-refractivity contribution in [1.82, 2.24) is 5.32 Å². The van der Waals surface area contributed by atoms with Gasteiger partial charge in [-0.15, -0.1) is 0 Å². The van der Waals surface area contributed by atoms with Crippen molar-refractivity contribution in [2.24, 2.45) is 11.8 Å². The number of hydrogen-bond donors (Lipinski definition) is 2. The normalized spacial score (nSPS) is 50.5. The second-order valence-electron chi connectivity index (χ2n) is 4.72. The van der Waals surface area contributed by atoms with E-state index >= 15 is 0 Å². The zero-order chi connectivity index (χ0) is 9.54. The van der Waals surface area contributed by atoms with Gasteiger partial charge in [0.1, 0.15) is 0 Å². The van der Waals surface area contributed by atoms with E-state index in [0.29, 0.717) is 19.3 Å². The van der Waals surface area contributed by atoms with E-state index in [1.54, 1.807) is 0 Å². The summed E-state index contributed by atoms with van der Waals surface area (Å²) < 4.78 is 5.22. The Kier molecular flexibility index (Phi) is 2.11. The van der Waals surface area contributed by atoms with Gasteiger partial charge in [0.05, 0.1) is 25.4 Å². The number of fused-ring (bicyclic) bond motifs is 1. The highest BCUT2D eigenvalue weighted by molar-refractivity contribution is 5.13. The van der Waals surface area contributed by atoms with Gasteiger partial charge in [-0.25, -0.2) is 0 Å². The van der Waals surface area contributed by atoms with E-state index < -0.39 is 0 Å². The van der Waals surface area contributed by atoms with Crippen molar-refractivity contribution in [1.29, 1.82) is 0 Å². The molecule has 78 valence electrons. The number of aliphatic hydroxyl groups is 1. The van der Waals surface area contributed by atoms with Crippen molar-refractivity contribution in [2.75, 3.05) is 13.2 Å². The van der Waals surface area contributed by atoms with Crippen LogP contribution in [0.3, 0.4) is 0 Å². The van der Waals surface area contributed by atoms with E-state index in [2.05, 4.69) is 17.5 Å². The summed E-state index contributed by atoms with van der Waals surface area (Å²) in [5.41, 5.74) is 0. The molecule has 2 fully saturated rings. The van der Waals surface area contributed by atoms with Crippen LogP contribution in [0.5, 0.6) is 0 Å².